The van der Waals surface area contributed by atoms with Gasteiger partial charge in [0.15, 0.2) is 5.76 Å². The molecule has 2 N–H and O–H groups in total. The number of aliphatic hydroxyl groups excluding tert-OH is 1. The van der Waals surface area contributed by atoms with E-state index in [9.17, 15) is 9.90 Å². The maximum absolute atomic E-state index is 12.1. The van der Waals surface area contributed by atoms with Crippen LogP contribution in [0.2, 0.25) is 0 Å². The summed E-state index contributed by atoms with van der Waals surface area (Å²) in [5.74, 6) is 1.21. The van der Waals surface area contributed by atoms with Crippen molar-refractivity contribution in [1.29, 1.82) is 0 Å². The van der Waals surface area contributed by atoms with Crippen LogP contribution in [0.4, 0.5) is 0 Å². The van der Waals surface area contributed by atoms with E-state index in [1.807, 2.05) is 13.0 Å². The number of nitrogens with one attached hydrogen (secondary N) is 1. The highest BCUT2D eigenvalue weighted by Crippen LogP contribution is 2.23. The Morgan fingerprint density at radius 3 is 2.84 bits per heavy atom. The standard InChI is InChI=1S/C15H23NO3/c1-2-12-8-9-14(19-12)15(18)16-13-7-5-3-4-6-11(13)10-17/h8-9,11,13,17H,2-7,10H2,1H3,(H,16,18). The number of furan rings is 1. The number of carbonyl (C=O) groups excluding carboxylic acids is 1. The van der Waals surface area contributed by atoms with Gasteiger partial charge in [-0.1, -0.05) is 26.2 Å². The second-order valence-corrected chi connectivity index (χ2v) is 5.28. The average molecular weight is 265 g/mol. The Bertz CT molecular complexity index is 413. The predicted molar refractivity (Wildman–Crippen MR) is 73.0 cm³/mol. The fourth-order valence-corrected chi connectivity index (χ4v) is 2.72. The van der Waals surface area contributed by atoms with E-state index in [-0.39, 0.29) is 24.5 Å². The third-order valence-corrected chi connectivity index (χ3v) is 3.94. The van der Waals surface area contributed by atoms with Gasteiger partial charge in [-0.25, -0.2) is 0 Å². The zero-order valence-corrected chi connectivity index (χ0v) is 11.5. The Kier molecular flexibility index (Phi) is 5.02. The van der Waals surface area contributed by atoms with Crippen LogP contribution in [-0.2, 0) is 6.42 Å². The molecule has 19 heavy (non-hydrogen) atoms. The van der Waals surface area contributed by atoms with Crippen LogP contribution in [0.5, 0.6) is 0 Å². The minimum Gasteiger partial charge on any atom is -0.456 e. The Balaban J connectivity index is 1.99. The van der Waals surface area contributed by atoms with Crippen molar-refractivity contribution in [2.24, 2.45) is 5.92 Å². The second kappa shape index (κ2) is 6.75. The van der Waals surface area contributed by atoms with Gasteiger partial charge in [0.1, 0.15) is 5.76 Å². The molecule has 1 heterocycles. The average Bonchev–Trinajstić information content (AvgIpc) is 2.80. The topological polar surface area (TPSA) is 62.5 Å². The molecular weight excluding hydrogens is 242 g/mol. The van der Waals surface area contributed by atoms with Gasteiger partial charge in [0.05, 0.1) is 0 Å². The molecule has 0 bridgehead atoms. The van der Waals surface area contributed by atoms with Crippen LogP contribution in [0.15, 0.2) is 16.5 Å². The molecule has 1 aromatic rings. The Morgan fingerprint density at radius 1 is 1.37 bits per heavy atom. The first-order valence-electron chi connectivity index (χ1n) is 7.25. The lowest BCUT2D eigenvalue weighted by atomic mass is 9.95. The molecule has 1 saturated carbocycles. The van der Waals surface area contributed by atoms with Crippen molar-refractivity contribution in [2.75, 3.05) is 6.61 Å². The molecule has 0 aromatic carbocycles. The Hall–Kier alpha value is -1.29. The lowest BCUT2D eigenvalue weighted by Gasteiger charge is -2.23. The normalized spacial score (nSPS) is 23.9. The van der Waals surface area contributed by atoms with E-state index < -0.39 is 0 Å². The van der Waals surface area contributed by atoms with Crippen molar-refractivity contribution >= 4 is 5.91 Å². The highest BCUT2D eigenvalue weighted by atomic mass is 16.3. The summed E-state index contributed by atoms with van der Waals surface area (Å²) >= 11 is 0. The van der Waals surface area contributed by atoms with Crippen LogP contribution >= 0.6 is 0 Å². The zero-order chi connectivity index (χ0) is 13.7. The fourth-order valence-electron chi connectivity index (χ4n) is 2.72. The van der Waals surface area contributed by atoms with E-state index in [1.165, 1.54) is 6.42 Å². The summed E-state index contributed by atoms with van der Waals surface area (Å²) in [6.45, 7) is 2.14. The van der Waals surface area contributed by atoms with Crippen molar-refractivity contribution in [2.45, 2.75) is 51.5 Å². The minimum absolute atomic E-state index is 0.0650. The van der Waals surface area contributed by atoms with Gasteiger partial charge in [0.25, 0.3) is 5.91 Å². The maximum atomic E-state index is 12.1. The van der Waals surface area contributed by atoms with Crippen molar-refractivity contribution in [3.63, 3.8) is 0 Å². The van der Waals surface area contributed by atoms with Crippen LogP contribution in [0.3, 0.4) is 0 Å². The highest BCUT2D eigenvalue weighted by Gasteiger charge is 2.25. The largest absolute Gasteiger partial charge is 0.456 e. The molecule has 2 atom stereocenters. The lowest BCUT2D eigenvalue weighted by molar-refractivity contribution is 0.0870. The van der Waals surface area contributed by atoms with Crippen molar-refractivity contribution in [1.82, 2.24) is 5.32 Å². The van der Waals surface area contributed by atoms with Crippen molar-refractivity contribution in [3.8, 4) is 0 Å². The van der Waals surface area contributed by atoms with Gasteiger partial charge < -0.3 is 14.8 Å². The van der Waals surface area contributed by atoms with E-state index in [2.05, 4.69) is 5.32 Å². The molecule has 1 fully saturated rings. The maximum Gasteiger partial charge on any atom is 0.287 e. The molecule has 4 nitrogen and oxygen atoms in total. The summed E-state index contributed by atoms with van der Waals surface area (Å²) in [7, 11) is 0. The van der Waals surface area contributed by atoms with E-state index >= 15 is 0 Å². The Morgan fingerprint density at radius 2 is 2.16 bits per heavy atom. The number of carbonyl (C=O) groups is 1. The molecule has 2 unspecified atom stereocenters. The van der Waals surface area contributed by atoms with Gasteiger partial charge in [0.2, 0.25) is 0 Å². The number of hydrogen-bond acceptors (Lipinski definition) is 3. The third kappa shape index (κ3) is 3.60. The van der Waals surface area contributed by atoms with E-state index in [0.29, 0.717) is 5.76 Å². The molecule has 0 spiro atoms. The summed E-state index contributed by atoms with van der Waals surface area (Å²) in [6.07, 6.45) is 6.15. The molecule has 0 radical (unpaired) electrons. The number of aliphatic hydroxyl groups is 1. The molecule has 0 saturated heterocycles. The minimum atomic E-state index is -0.162. The van der Waals surface area contributed by atoms with Crippen LogP contribution in [0, 0.1) is 5.92 Å². The predicted octanol–water partition coefficient (Wildman–Crippen LogP) is 2.51. The van der Waals surface area contributed by atoms with Crippen LogP contribution < -0.4 is 5.32 Å². The quantitative estimate of drug-likeness (QED) is 0.822. The van der Waals surface area contributed by atoms with Gasteiger partial charge >= 0.3 is 0 Å². The molecule has 1 aliphatic rings. The van der Waals surface area contributed by atoms with Gasteiger partial charge in [-0.2, -0.15) is 0 Å². The van der Waals surface area contributed by atoms with E-state index in [0.717, 1.165) is 37.9 Å². The smallest absolute Gasteiger partial charge is 0.287 e. The SMILES string of the molecule is CCc1ccc(C(=O)NC2CCCCCC2CO)o1. The summed E-state index contributed by atoms with van der Waals surface area (Å²) < 4.78 is 5.46. The van der Waals surface area contributed by atoms with Crippen LogP contribution in [0.25, 0.3) is 0 Å². The first kappa shape index (κ1) is 14.1. The summed E-state index contributed by atoms with van der Waals surface area (Å²) in [5.41, 5.74) is 0. The first-order chi connectivity index (χ1) is 9.24. The molecule has 1 amide bonds. The fraction of sp³-hybridized carbons (Fsp3) is 0.667. The van der Waals surface area contributed by atoms with Gasteiger partial charge in [-0.3, -0.25) is 4.79 Å². The molecule has 2 rings (SSSR count). The summed E-state index contributed by atoms with van der Waals surface area (Å²) in [4.78, 5) is 12.1. The molecular formula is C15H23NO3. The third-order valence-electron chi connectivity index (χ3n) is 3.94. The zero-order valence-electron chi connectivity index (χ0n) is 11.5. The lowest BCUT2D eigenvalue weighted by Crippen LogP contribution is -2.41. The van der Waals surface area contributed by atoms with E-state index in [1.54, 1.807) is 6.07 Å². The first-order valence-corrected chi connectivity index (χ1v) is 7.25. The monoisotopic (exact) mass is 265 g/mol. The van der Waals surface area contributed by atoms with E-state index in [4.69, 9.17) is 4.42 Å². The molecule has 0 aliphatic heterocycles. The number of amides is 1. The summed E-state index contributed by atoms with van der Waals surface area (Å²) in [5, 5.41) is 12.5. The van der Waals surface area contributed by atoms with Gasteiger partial charge in [0, 0.05) is 25.0 Å². The van der Waals surface area contributed by atoms with Crippen molar-refractivity contribution in [3.05, 3.63) is 23.7 Å². The number of aryl methyl sites for hydroxylation is 1. The Labute approximate surface area is 114 Å². The van der Waals surface area contributed by atoms with Crippen LogP contribution in [-0.4, -0.2) is 23.7 Å². The number of rotatable bonds is 4. The number of hydrogen-bond donors (Lipinski definition) is 2. The van der Waals surface area contributed by atoms with Crippen LogP contribution in [0.1, 0.15) is 55.3 Å². The van der Waals surface area contributed by atoms with Gasteiger partial charge in [-0.05, 0) is 25.0 Å². The molecule has 1 aromatic heterocycles. The highest BCUT2D eigenvalue weighted by molar-refractivity contribution is 5.91. The van der Waals surface area contributed by atoms with Crippen molar-refractivity contribution < 1.29 is 14.3 Å². The molecule has 106 valence electrons. The summed E-state index contributed by atoms with van der Waals surface area (Å²) in [6, 6.07) is 3.62. The second-order valence-electron chi connectivity index (χ2n) is 5.28. The molecule has 1 aliphatic carbocycles. The molecule has 4 heteroatoms. The van der Waals surface area contributed by atoms with Gasteiger partial charge in [-0.15, -0.1) is 0 Å².